The van der Waals surface area contributed by atoms with Crippen LogP contribution in [0.4, 0.5) is 0 Å². The number of hydrogen-bond acceptors (Lipinski definition) is 4. The summed E-state index contributed by atoms with van der Waals surface area (Å²) >= 11 is 0. The second-order valence-electron chi connectivity index (χ2n) is 4.24. The lowest BCUT2D eigenvalue weighted by atomic mass is 9.86. The molecule has 0 aromatic carbocycles. The minimum atomic E-state index is -0.144. The van der Waals surface area contributed by atoms with Gasteiger partial charge >= 0.3 is 11.9 Å². The zero-order chi connectivity index (χ0) is 10.7. The summed E-state index contributed by atoms with van der Waals surface area (Å²) in [6.45, 7) is 0.404. The molecule has 0 saturated heterocycles. The Bertz CT molecular complexity index is 253. The Morgan fingerprint density at radius 2 is 1.33 bits per heavy atom. The summed E-state index contributed by atoms with van der Waals surface area (Å²) in [7, 11) is 0. The van der Waals surface area contributed by atoms with Gasteiger partial charge in [0.25, 0.3) is 0 Å². The molecule has 0 unspecified atom stereocenters. The Hall–Kier alpha value is -1.06. The van der Waals surface area contributed by atoms with Crippen LogP contribution in [0.15, 0.2) is 0 Å². The third kappa shape index (κ3) is 2.94. The molecule has 2 fully saturated rings. The van der Waals surface area contributed by atoms with Gasteiger partial charge in [-0.15, -0.1) is 0 Å². The zero-order valence-corrected chi connectivity index (χ0v) is 8.74. The van der Waals surface area contributed by atoms with E-state index in [1.807, 2.05) is 0 Å². The number of carbonyl (C=O) groups excluding carboxylic acids is 2. The van der Waals surface area contributed by atoms with Gasteiger partial charge in [-0.2, -0.15) is 0 Å². The molecular formula is C11H16O4. The van der Waals surface area contributed by atoms with Gasteiger partial charge in [-0.05, 0) is 25.7 Å². The topological polar surface area (TPSA) is 52.6 Å². The van der Waals surface area contributed by atoms with Crippen LogP contribution < -0.4 is 0 Å². The molecule has 2 saturated carbocycles. The summed E-state index contributed by atoms with van der Waals surface area (Å²) in [6.07, 6.45) is 4.90. The first-order valence-electron chi connectivity index (χ1n) is 5.60. The van der Waals surface area contributed by atoms with Crippen molar-refractivity contribution in [3.63, 3.8) is 0 Å². The smallest absolute Gasteiger partial charge is 0.309 e. The first-order chi connectivity index (χ1) is 7.27. The fourth-order valence-corrected chi connectivity index (χ4v) is 1.48. The molecule has 4 nitrogen and oxygen atoms in total. The van der Waals surface area contributed by atoms with Gasteiger partial charge in [-0.25, -0.2) is 0 Å². The van der Waals surface area contributed by atoms with E-state index in [2.05, 4.69) is 0 Å². The summed E-state index contributed by atoms with van der Waals surface area (Å²) < 4.78 is 9.91. The van der Waals surface area contributed by atoms with Crippen molar-refractivity contribution >= 4 is 11.9 Å². The lowest BCUT2D eigenvalue weighted by Gasteiger charge is -2.22. The van der Waals surface area contributed by atoms with Crippen LogP contribution >= 0.6 is 0 Å². The van der Waals surface area contributed by atoms with Crippen molar-refractivity contribution in [3.05, 3.63) is 0 Å². The Morgan fingerprint density at radius 1 is 0.867 bits per heavy atom. The summed E-state index contributed by atoms with van der Waals surface area (Å²) in [5, 5.41) is 0. The molecule has 2 aliphatic carbocycles. The average molecular weight is 212 g/mol. The number of carbonyl (C=O) groups is 2. The maximum Gasteiger partial charge on any atom is 0.309 e. The van der Waals surface area contributed by atoms with Crippen LogP contribution in [0, 0.1) is 11.8 Å². The van der Waals surface area contributed by atoms with Crippen LogP contribution in [0.25, 0.3) is 0 Å². The first kappa shape index (κ1) is 10.5. The van der Waals surface area contributed by atoms with Gasteiger partial charge in [0.2, 0.25) is 0 Å². The monoisotopic (exact) mass is 212 g/mol. The SMILES string of the molecule is O=C(OCCOC(=O)C1CC1)C1CCC1. The van der Waals surface area contributed by atoms with E-state index >= 15 is 0 Å². The van der Waals surface area contributed by atoms with Crippen molar-refractivity contribution in [2.24, 2.45) is 11.8 Å². The molecule has 4 heteroatoms. The molecule has 0 amide bonds. The molecule has 2 aliphatic rings. The molecule has 0 aliphatic heterocycles. The summed E-state index contributed by atoms with van der Waals surface area (Å²) in [5.41, 5.74) is 0. The fourth-order valence-electron chi connectivity index (χ4n) is 1.48. The van der Waals surface area contributed by atoms with Gasteiger partial charge < -0.3 is 9.47 Å². The van der Waals surface area contributed by atoms with Crippen LogP contribution in [-0.2, 0) is 19.1 Å². The minimum absolute atomic E-state index is 0.101. The number of ether oxygens (including phenoxy) is 2. The molecule has 0 atom stereocenters. The molecular weight excluding hydrogens is 196 g/mol. The highest BCUT2D eigenvalue weighted by atomic mass is 16.6. The molecule has 84 valence electrons. The normalized spacial score (nSPS) is 20.5. The van der Waals surface area contributed by atoms with Gasteiger partial charge in [0.15, 0.2) is 0 Å². The highest BCUT2D eigenvalue weighted by Gasteiger charge is 2.31. The van der Waals surface area contributed by atoms with Crippen LogP contribution in [0.5, 0.6) is 0 Å². The molecule has 0 heterocycles. The third-order valence-electron chi connectivity index (χ3n) is 2.92. The molecule has 2 rings (SSSR count). The van der Waals surface area contributed by atoms with Crippen LogP contribution in [-0.4, -0.2) is 25.2 Å². The van der Waals surface area contributed by atoms with E-state index < -0.39 is 0 Å². The van der Waals surface area contributed by atoms with E-state index in [0.717, 1.165) is 32.1 Å². The second kappa shape index (κ2) is 4.64. The zero-order valence-electron chi connectivity index (χ0n) is 8.74. The molecule has 0 bridgehead atoms. The Labute approximate surface area is 88.9 Å². The average Bonchev–Trinajstić information content (AvgIpc) is 2.91. The quantitative estimate of drug-likeness (QED) is 0.509. The van der Waals surface area contributed by atoms with Crippen LogP contribution in [0.2, 0.25) is 0 Å². The molecule has 0 radical (unpaired) electrons. The van der Waals surface area contributed by atoms with Crippen molar-refractivity contribution in [2.45, 2.75) is 32.1 Å². The Balaban J connectivity index is 1.50. The predicted octanol–water partition coefficient (Wildman–Crippen LogP) is 1.28. The van der Waals surface area contributed by atoms with Gasteiger partial charge in [0.05, 0.1) is 11.8 Å². The lowest BCUT2D eigenvalue weighted by molar-refractivity contribution is -0.157. The van der Waals surface area contributed by atoms with E-state index in [9.17, 15) is 9.59 Å². The van der Waals surface area contributed by atoms with Gasteiger partial charge in [-0.1, -0.05) is 6.42 Å². The first-order valence-corrected chi connectivity index (χ1v) is 5.60. The molecule has 0 aromatic heterocycles. The summed E-state index contributed by atoms with van der Waals surface area (Å²) in [4.78, 5) is 22.3. The maximum atomic E-state index is 11.3. The largest absolute Gasteiger partial charge is 0.462 e. The number of esters is 2. The Morgan fingerprint density at radius 3 is 1.67 bits per heavy atom. The highest BCUT2D eigenvalue weighted by molar-refractivity contribution is 5.75. The number of rotatable bonds is 5. The van der Waals surface area contributed by atoms with Gasteiger partial charge in [0.1, 0.15) is 13.2 Å². The number of hydrogen-bond donors (Lipinski definition) is 0. The van der Waals surface area contributed by atoms with Crippen LogP contribution in [0.3, 0.4) is 0 Å². The molecule has 0 N–H and O–H groups in total. The third-order valence-corrected chi connectivity index (χ3v) is 2.92. The standard InChI is InChI=1S/C11H16O4/c12-10(8-2-1-3-8)14-6-7-15-11(13)9-4-5-9/h8-9H,1-7H2. The van der Waals surface area contributed by atoms with Crippen molar-refractivity contribution in [2.75, 3.05) is 13.2 Å². The van der Waals surface area contributed by atoms with E-state index in [1.54, 1.807) is 0 Å². The lowest BCUT2D eigenvalue weighted by Crippen LogP contribution is -2.25. The second-order valence-corrected chi connectivity index (χ2v) is 4.24. The van der Waals surface area contributed by atoms with Crippen molar-refractivity contribution in [1.29, 1.82) is 0 Å². The maximum absolute atomic E-state index is 11.3. The summed E-state index contributed by atoms with van der Waals surface area (Å²) in [6, 6.07) is 0. The molecule has 0 spiro atoms. The van der Waals surface area contributed by atoms with E-state index in [0.29, 0.717) is 0 Å². The van der Waals surface area contributed by atoms with Crippen molar-refractivity contribution in [1.82, 2.24) is 0 Å². The minimum Gasteiger partial charge on any atom is -0.462 e. The Kier molecular flexibility index (Phi) is 3.23. The fraction of sp³-hybridized carbons (Fsp3) is 0.818. The predicted molar refractivity (Wildman–Crippen MR) is 52.0 cm³/mol. The molecule has 0 aromatic rings. The van der Waals surface area contributed by atoms with E-state index in [4.69, 9.17) is 9.47 Å². The van der Waals surface area contributed by atoms with Gasteiger partial charge in [0, 0.05) is 0 Å². The van der Waals surface area contributed by atoms with E-state index in [-0.39, 0.29) is 37.0 Å². The van der Waals surface area contributed by atoms with Crippen molar-refractivity contribution < 1.29 is 19.1 Å². The molecule has 15 heavy (non-hydrogen) atoms. The highest BCUT2D eigenvalue weighted by Crippen LogP contribution is 2.30. The van der Waals surface area contributed by atoms with Crippen LogP contribution in [0.1, 0.15) is 32.1 Å². The van der Waals surface area contributed by atoms with E-state index in [1.165, 1.54) is 0 Å². The van der Waals surface area contributed by atoms with Gasteiger partial charge in [-0.3, -0.25) is 9.59 Å². The summed E-state index contributed by atoms with van der Waals surface area (Å²) in [5.74, 6) is -0.0603. The van der Waals surface area contributed by atoms with Crippen molar-refractivity contribution in [3.8, 4) is 0 Å².